The number of hydrogen-bond donors (Lipinski definition) is 1. The Morgan fingerprint density at radius 2 is 1.80 bits per heavy atom. The summed E-state index contributed by atoms with van der Waals surface area (Å²) in [6, 6.07) is 10.8. The Bertz CT molecular complexity index is 860. The minimum absolute atomic E-state index is 0.0592. The van der Waals surface area contributed by atoms with Crippen LogP contribution in [0.5, 0.6) is 5.75 Å². The summed E-state index contributed by atoms with van der Waals surface area (Å²) in [5.74, 6) is -0.307. The predicted octanol–water partition coefficient (Wildman–Crippen LogP) is 3.63. The van der Waals surface area contributed by atoms with Gasteiger partial charge in [-0.05, 0) is 55.2 Å². The maximum atomic E-state index is 13.5. The predicted molar refractivity (Wildman–Crippen MR) is 87.1 cm³/mol. The molecule has 0 spiro atoms. The standard InChI is InChI=1S/C20H17F2NO2/c21-12-4-2-11(3-5-12)20(8-1-9-20)23-19(24)17-16-14-10-13(22)6-7-15(14)25-18(16)17/h2-7,10,16-18H,1,8-9H2,(H,23,24). The quantitative estimate of drug-likeness (QED) is 0.926. The number of hydrogen-bond acceptors (Lipinski definition) is 2. The molecule has 2 aliphatic carbocycles. The highest BCUT2D eigenvalue weighted by atomic mass is 19.1. The molecule has 3 unspecified atom stereocenters. The molecule has 0 aromatic heterocycles. The van der Waals surface area contributed by atoms with Gasteiger partial charge in [-0.3, -0.25) is 4.79 Å². The van der Waals surface area contributed by atoms with E-state index in [0.29, 0.717) is 5.75 Å². The van der Waals surface area contributed by atoms with Gasteiger partial charge in [0.2, 0.25) is 5.91 Å². The molecule has 0 saturated heterocycles. The SMILES string of the molecule is O=C(NC1(c2ccc(F)cc2)CCC1)C1C2Oc3ccc(F)cc3C21. The topological polar surface area (TPSA) is 38.3 Å². The van der Waals surface area contributed by atoms with E-state index in [1.165, 1.54) is 24.3 Å². The summed E-state index contributed by atoms with van der Waals surface area (Å²) in [4.78, 5) is 12.8. The van der Waals surface area contributed by atoms with Gasteiger partial charge in [-0.25, -0.2) is 8.78 Å². The Kier molecular flexibility index (Phi) is 3.00. The summed E-state index contributed by atoms with van der Waals surface area (Å²) < 4.78 is 32.5. The molecule has 2 aromatic carbocycles. The minimum Gasteiger partial charge on any atom is -0.489 e. The number of fused-ring (bicyclic) bond motifs is 3. The Hall–Kier alpha value is -2.43. The lowest BCUT2D eigenvalue weighted by Gasteiger charge is -2.43. The number of ether oxygens (including phenoxy) is 1. The number of carbonyl (C=O) groups excluding carboxylic acids is 1. The summed E-state index contributed by atoms with van der Waals surface area (Å²) in [7, 11) is 0. The van der Waals surface area contributed by atoms with E-state index in [2.05, 4.69) is 5.32 Å². The van der Waals surface area contributed by atoms with Crippen LogP contribution in [0.25, 0.3) is 0 Å². The van der Waals surface area contributed by atoms with Gasteiger partial charge < -0.3 is 10.1 Å². The van der Waals surface area contributed by atoms with Crippen LogP contribution in [0.1, 0.15) is 36.3 Å². The van der Waals surface area contributed by atoms with Gasteiger partial charge in [-0.1, -0.05) is 12.1 Å². The Labute approximate surface area is 144 Å². The largest absolute Gasteiger partial charge is 0.489 e. The third kappa shape index (κ3) is 2.18. The maximum Gasteiger partial charge on any atom is 0.228 e. The van der Waals surface area contributed by atoms with Crippen molar-refractivity contribution >= 4 is 5.91 Å². The van der Waals surface area contributed by atoms with E-state index in [1.54, 1.807) is 18.2 Å². The average Bonchev–Trinajstić information content (AvgIpc) is 3.16. The molecule has 3 aliphatic rings. The van der Waals surface area contributed by atoms with Crippen LogP contribution in [0.4, 0.5) is 8.78 Å². The molecule has 1 aliphatic heterocycles. The van der Waals surface area contributed by atoms with Crippen molar-refractivity contribution in [3.05, 3.63) is 65.2 Å². The van der Waals surface area contributed by atoms with E-state index < -0.39 is 5.54 Å². The van der Waals surface area contributed by atoms with Crippen molar-refractivity contribution in [3.63, 3.8) is 0 Å². The zero-order valence-electron chi connectivity index (χ0n) is 13.5. The van der Waals surface area contributed by atoms with Crippen LogP contribution in [0, 0.1) is 17.6 Å². The molecular formula is C20H17F2NO2. The summed E-state index contributed by atoms with van der Waals surface area (Å²) in [6.07, 6.45) is 2.53. The molecule has 128 valence electrons. The molecule has 5 heteroatoms. The Morgan fingerprint density at radius 1 is 1.08 bits per heavy atom. The lowest BCUT2D eigenvalue weighted by atomic mass is 9.71. The summed E-state index contributed by atoms with van der Waals surface area (Å²) in [5.41, 5.74) is 1.31. The molecule has 5 rings (SSSR count). The highest BCUT2D eigenvalue weighted by Crippen LogP contribution is 2.58. The van der Waals surface area contributed by atoms with Crippen molar-refractivity contribution < 1.29 is 18.3 Å². The number of carbonyl (C=O) groups is 1. The van der Waals surface area contributed by atoms with Crippen molar-refractivity contribution in [3.8, 4) is 5.75 Å². The van der Waals surface area contributed by atoms with E-state index in [4.69, 9.17) is 4.74 Å². The fourth-order valence-electron chi connectivity index (χ4n) is 4.25. The number of nitrogens with one attached hydrogen (secondary N) is 1. The van der Waals surface area contributed by atoms with Crippen LogP contribution in [0.3, 0.4) is 0 Å². The zero-order chi connectivity index (χ0) is 17.2. The molecular weight excluding hydrogens is 324 g/mol. The number of amides is 1. The fourth-order valence-corrected chi connectivity index (χ4v) is 4.25. The molecule has 3 atom stereocenters. The smallest absolute Gasteiger partial charge is 0.228 e. The summed E-state index contributed by atoms with van der Waals surface area (Å²) in [6.45, 7) is 0. The van der Waals surface area contributed by atoms with Gasteiger partial charge >= 0.3 is 0 Å². The van der Waals surface area contributed by atoms with Gasteiger partial charge in [0.25, 0.3) is 0 Å². The Balaban J connectivity index is 1.35. The molecule has 3 nitrogen and oxygen atoms in total. The number of halogens is 2. The van der Waals surface area contributed by atoms with Crippen LogP contribution in [-0.2, 0) is 10.3 Å². The molecule has 0 radical (unpaired) electrons. The van der Waals surface area contributed by atoms with Crippen LogP contribution >= 0.6 is 0 Å². The lowest BCUT2D eigenvalue weighted by molar-refractivity contribution is -0.126. The van der Waals surface area contributed by atoms with Crippen molar-refractivity contribution in [1.82, 2.24) is 5.32 Å². The van der Waals surface area contributed by atoms with E-state index >= 15 is 0 Å². The Morgan fingerprint density at radius 3 is 2.48 bits per heavy atom. The zero-order valence-corrected chi connectivity index (χ0v) is 13.5. The van der Waals surface area contributed by atoms with Gasteiger partial charge in [0.1, 0.15) is 23.5 Å². The first-order valence-electron chi connectivity index (χ1n) is 8.62. The lowest BCUT2D eigenvalue weighted by Crippen LogP contribution is -2.51. The first-order valence-corrected chi connectivity index (χ1v) is 8.62. The minimum atomic E-state index is -0.410. The van der Waals surface area contributed by atoms with Crippen LogP contribution in [0.15, 0.2) is 42.5 Å². The van der Waals surface area contributed by atoms with Gasteiger partial charge in [-0.15, -0.1) is 0 Å². The molecule has 1 heterocycles. The highest BCUT2D eigenvalue weighted by molar-refractivity contribution is 5.86. The second kappa shape index (κ2) is 5.04. The summed E-state index contributed by atoms with van der Waals surface area (Å²) in [5, 5.41) is 3.17. The van der Waals surface area contributed by atoms with Gasteiger partial charge in [0, 0.05) is 11.5 Å². The van der Waals surface area contributed by atoms with Gasteiger partial charge in [0.05, 0.1) is 11.5 Å². The second-order valence-electron chi connectivity index (χ2n) is 7.25. The molecule has 2 fully saturated rings. The van der Waals surface area contributed by atoms with Gasteiger partial charge in [0.15, 0.2) is 0 Å². The maximum absolute atomic E-state index is 13.5. The van der Waals surface area contributed by atoms with Crippen molar-refractivity contribution in [2.24, 2.45) is 5.92 Å². The molecule has 2 saturated carbocycles. The van der Waals surface area contributed by atoms with E-state index in [0.717, 1.165) is 30.4 Å². The molecule has 2 aromatic rings. The highest BCUT2D eigenvalue weighted by Gasteiger charge is 2.63. The van der Waals surface area contributed by atoms with Crippen molar-refractivity contribution in [1.29, 1.82) is 0 Å². The first-order chi connectivity index (χ1) is 12.1. The number of rotatable bonds is 3. The van der Waals surface area contributed by atoms with Crippen LogP contribution in [0.2, 0.25) is 0 Å². The average molecular weight is 341 g/mol. The normalized spacial score (nSPS) is 27.5. The van der Waals surface area contributed by atoms with E-state index in [1.807, 2.05) is 0 Å². The molecule has 1 amide bonds. The molecule has 25 heavy (non-hydrogen) atoms. The first kappa shape index (κ1) is 14.9. The van der Waals surface area contributed by atoms with Crippen molar-refractivity contribution in [2.45, 2.75) is 36.8 Å². The second-order valence-corrected chi connectivity index (χ2v) is 7.25. The van der Waals surface area contributed by atoms with E-state index in [9.17, 15) is 13.6 Å². The fraction of sp³-hybridized carbons (Fsp3) is 0.350. The third-order valence-corrected chi connectivity index (χ3v) is 5.82. The third-order valence-electron chi connectivity index (χ3n) is 5.82. The molecule has 0 bridgehead atoms. The van der Waals surface area contributed by atoms with E-state index in [-0.39, 0.29) is 35.5 Å². The van der Waals surface area contributed by atoms with Crippen molar-refractivity contribution in [2.75, 3.05) is 0 Å². The van der Waals surface area contributed by atoms with Gasteiger partial charge in [-0.2, -0.15) is 0 Å². The summed E-state index contributed by atoms with van der Waals surface area (Å²) >= 11 is 0. The van der Waals surface area contributed by atoms with Crippen LogP contribution < -0.4 is 10.1 Å². The van der Waals surface area contributed by atoms with Crippen LogP contribution in [-0.4, -0.2) is 12.0 Å². The number of benzene rings is 2. The monoisotopic (exact) mass is 341 g/mol. The molecule has 1 N–H and O–H groups in total.